The van der Waals surface area contributed by atoms with Gasteiger partial charge in [0.25, 0.3) is 0 Å². The van der Waals surface area contributed by atoms with E-state index in [1.807, 2.05) is 0 Å². The van der Waals surface area contributed by atoms with Crippen LogP contribution in [-0.4, -0.2) is 41.0 Å². The fraction of sp³-hybridized carbons (Fsp3) is 1.00. The molecule has 1 saturated heterocycles. The summed E-state index contributed by atoms with van der Waals surface area (Å²) in [5, 5.41) is 8.75. The second-order valence-corrected chi connectivity index (χ2v) is 3.41. The summed E-state index contributed by atoms with van der Waals surface area (Å²) in [5.41, 5.74) is 0. The zero-order valence-corrected chi connectivity index (χ0v) is 7.17. The summed E-state index contributed by atoms with van der Waals surface area (Å²) in [4.78, 5) is 0. The van der Waals surface area contributed by atoms with Crippen molar-refractivity contribution in [1.29, 1.82) is 0 Å². The number of ether oxygens (including phenoxy) is 1. The van der Waals surface area contributed by atoms with Crippen molar-refractivity contribution in [3.8, 4) is 0 Å². The Kier molecular flexibility index (Phi) is 3.45. The molecule has 1 rings (SSSR count). The molecular weight excluding hydrogens is 168 g/mol. The van der Waals surface area contributed by atoms with Crippen molar-refractivity contribution in [3.63, 3.8) is 0 Å². The van der Waals surface area contributed by atoms with Crippen molar-refractivity contribution in [2.45, 2.75) is 18.6 Å². The van der Waals surface area contributed by atoms with Crippen LogP contribution in [0.1, 0.15) is 6.42 Å². The summed E-state index contributed by atoms with van der Waals surface area (Å²) < 4.78 is 20.7. The first-order valence-corrected chi connectivity index (χ1v) is 4.95. The number of aliphatic hydroxyl groups is 1. The number of rotatable bonds is 3. The Morgan fingerprint density at radius 1 is 1.82 bits per heavy atom. The second-order valence-electron chi connectivity index (χ2n) is 2.42. The minimum atomic E-state index is -1.27. The van der Waals surface area contributed by atoms with Crippen molar-refractivity contribution in [1.82, 2.24) is 0 Å². The average Bonchev–Trinajstić information content (AvgIpc) is 2.34. The Labute approximate surface area is 68.2 Å². The van der Waals surface area contributed by atoms with Crippen LogP contribution in [0.4, 0.5) is 0 Å². The van der Waals surface area contributed by atoms with E-state index in [-0.39, 0.29) is 18.8 Å². The fourth-order valence-electron chi connectivity index (χ4n) is 1.08. The van der Waals surface area contributed by atoms with Gasteiger partial charge in [-0.15, -0.1) is 0 Å². The van der Waals surface area contributed by atoms with E-state index in [0.29, 0.717) is 13.0 Å². The van der Waals surface area contributed by atoms with Gasteiger partial charge in [0.1, 0.15) is 12.2 Å². The normalized spacial score (nSPS) is 34.0. The molecule has 1 N–H and O–H groups in total. The van der Waals surface area contributed by atoms with Gasteiger partial charge in [-0.2, -0.15) is 0 Å². The van der Waals surface area contributed by atoms with Gasteiger partial charge in [0.15, 0.2) is 11.1 Å². The molecule has 1 heterocycles. The molecule has 0 radical (unpaired) electrons. The van der Waals surface area contributed by atoms with E-state index in [1.165, 1.54) is 6.26 Å². The highest BCUT2D eigenvalue weighted by atomic mass is 32.2. The first kappa shape index (κ1) is 9.12. The Hall–Kier alpha value is 0.0300. The van der Waals surface area contributed by atoms with Crippen LogP contribution < -0.4 is 0 Å². The maximum Gasteiger partial charge on any atom is 0.152 e. The topological polar surface area (TPSA) is 55.8 Å². The van der Waals surface area contributed by atoms with Crippen molar-refractivity contribution in [2.24, 2.45) is 0 Å². The first-order valence-electron chi connectivity index (χ1n) is 3.47. The van der Waals surface area contributed by atoms with Crippen LogP contribution in [0, 0.1) is 0 Å². The number of hydrogen-bond donors (Lipinski definition) is 1. The lowest BCUT2D eigenvalue weighted by molar-refractivity contribution is 0.0169. The van der Waals surface area contributed by atoms with Crippen molar-refractivity contribution in [2.75, 3.05) is 19.5 Å². The zero-order valence-electron chi connectivity index (χ0n) is 6.36. The summed E-state index contributed by atoms with van der Waals surface area (Å²) >= 11 is -1.27. The summed E-state index contributed by atoms with van der Waals surface area (Å²) in [6.45, 7) is 0.509. The molecule has 0 aromatic heterocycles. The van der Waals surface area contributed by atoms with Gasteiger partial charge in [-0.25, -0.2) is 4.21 Å². The Morgan fingerprint density at radius 2 is 2.55 bits per heavy atom. The van der Waals surface area contributed by atoms with Gasteiger partial charge in [-0.05, 0) is 0 Å². The third-order valence-electron chi connectivity index (χ3n) is 1.59. The highest BCUT2D eigenvalue weighted by Crippen LogP contribution is 2.16. The van der Waals surface area contributed by atoms with E-state index in [4.69, 9.17) is 14.0 Å². The smallest absolute Gasteiger partial charge is 0.152 e. The van der Waals surface area contributed by atoms with E-state index < -0.39 is 11.1 Å². The standard InChI is InChI=1S/C6H12O4S/c1-11(8)10-5-2-3-9-6(5)4-7/h5-7H,2-4H2,1H3. The van der Waals surface area contributed by atoms with E-state index in [0.717, 1.165) is 0 Å². The lowest BCUT2D eigenvalue weighted by Gasteiger charge is -2.13. The van der Waals surface area contributed by atoms with Crippen LogP contribution in [0.5, 0.6) is 0 Å². The Morgan fingerprint density at radius 3 is 3.09 bits per heavy atom. The molecular formula is C6H12O4S. The van der Waals surface area contributed by atoms with Gasteiger partial charge >= 0.3 is 0 Å². The fourth-order valence-corrected chi connectivity index (χ4v) is 1.65. The molecule has 1 aliphatic rings. The molecule has 5 heteroatoms. The molecule has 0 bridgehead atoms. The van der Waals surface area contributed by atoms with Crippen LogP contribution in [0.3, 0.4) is 0 Å². The Balaban J connectivity index is 2.37. The first-order chi connectivity index (χ1) is 5.24. The van der Waals surface area contributed by atoms with Gasteiger partial charge in [-0.1, -0.05) is 0 Å². The van der Waals surface area contributed by atoms with Crippen LogP contribution >= 0.6 is 0 Å². The monoisotopic (exact) mass is 180 g/mol. The van der Waals surface area contributed by atoms with Gasteiger partial charge in [0.05, 0.1) is 6.61 Å². The quantitative estimate of drug-likeness (QED) is 0.633. The largest absolute Gasteiger partial charge is 0.394 e. The van der Waals surface area contributed by atoms with Crippen LogP contribution in [0.15, 0.2) is 0 Å². The molecule has 3 unspecified atom stereocenters. The average molecular weight is 180 g/mol. The predicted molar refractivity (Wildman–Crippen MR) is 40.4 cm³/mol. The summed E-state index contributed by atoms with van der Waals surface area (Å²) in [6.07, 6.45) is 1.68. The minimum Gasteiger partial charge on any atom is -0.394 e. The molecule has 3 atom stereocenters. The van der Waals surface area contributed by atoms with E-state index in [9.17, 15) is 4.21 Å². The maximum absolute atomic E-state index is 10.6. The molecule has 4 nitrogen and oxygen atoms in total. The van der Waals surface area contributed by atoms with Gasteiger partial charge in [0, 0.05) is 19.3 Å². The van der Waals surface area contributed by atoms with Crippen molar-refractivity contribution >= 4 is 11.1 Å². The van der Waals surface area contributed by atoms with Gasteiger partial charge in [-0.3, -0.25) is 4.18 Å². The summed E-state index contributed by atoms with van der Waals surface area (Å²) in [7, 11) is 0. The molecule has 1 aliphatic heterocycles. The van der Waals surface area contributed by atoms with E-state index >= 15 is 0 Å². The third kappa shape index (κ3) is 2.52. The zero-order chi connectivity index (χ0) is 8.27. The molecule has 0 aliphatic carbocycles. The number of hydrogen-bond acceptors (Lipinski definition) is 4. The number of aliphatic hydroxyl groups excluding tert-OH is 1. The maximum atomic E-state index is 10.6. The SMILES string of the molecule is CS(=O)OC1CCOC1CO. The molecule has 1 fully saturated rings. The van der Waals surface area contributed by atoms with E-state index in [2.05, 4.69) is 0 Å². The molecule has 0 aromatic carbocycles. The lowest BCUT2D eigenvalue weighted by atomic mass is 10.2. The highest BCUT2D eigenvalue weighted by Gasteiger charge is 2.29. The molecule has 66 valence electrons. The van der Waals surface area contributed by atoms with Crippen LogP contribution in [0.2, 0.25) is 0 Å². The summed E-state index contributed by atoms with van der Waals surface area (Å²) in [5.74, 6) is 0. The lowest BCUT2D eigenvalue weighted by Crippen LogP contribution is -2.28. The third-order valence-corrected chi connectivity index (χ3v) is 2.11. The van der Waals surface area contributed by atoms with E-state index in [1.54, 1.807) is 0 Å². The Bertz CT molecular complexity index is 150. The van der Waals surface area contributed by atoms with Crippen molar-refractivity contribution in [3.05, 3.63) is 0 Å². The van der Waals surface area contributed by atoms with Crippen molar-refractivity contribution < 1.29 is 18.2 Å². The molecule has 0 saturated carbocycles. The van der Waals surface area contributed by atoms with Crippen LogP contribution in [0.25, 0.3) is 0 Å². The van der Waals surface area contributed by atoms with Crippen LogP contribution in [-0.2, 0) is 20.0 Å². The molecule has 11 heavy (non-hydrogen) atoms. The second kappa shape index (κ2) is 4.15. The molecule has 0 spiro atoms. The summed E-state index contributed by atoms with van der Waals surface area (Å²) in [6, 6.07) is 0. The molecule has 0 amide bonds. The highest BCUT2D eigenvalue weighted by molar-refractivity contribution is 7.79. The molecule has 0 aromatic rings. The predicted octanol–water partition coefficient (Wildman–Crippen LogP) is -0.554. The minimum absolute atomic E-state index is 0.0676. The van der Waals surface area contributed by atoms with Gasteiger partial charge < -0.3 is 9.84 Å². The van der Waals surface area contributed by atoms with Gasteiger partial charge in [0.2, 0.25) is 0 Å².